The van der Waals surface area contributed by atoms with Crippen LogP contribution in [0.5, 0.6) is 5.75 Å². The maximum absolute atomic E-state index is 12.2. The molecule has 0 spiro atoms. The van der Waals surface area contributed by atoms with E-state index in [0.29, 0.717) is 5.75 Å². The summed E-state index contributed by atoms with van der Waals surface area (Å²) in [5, 5.41) is 0. The maximum atomic E-state index is 12.2. The zero-order valence-electron chi connectivity index (χ0n) is 15.7. The Morgan fingerprint density at radius 3 is 1.92 bits per heavy atom. The van der Waals surface area contributed by atoms with Crippen molar-refractivity contribution in [3.8, 4) is 5.75 Å². The Morgan fingerprint density at radius 2 is 1.46 bits per heavy atom. The Hall–Kier alpha value is -2.83. The minimum atomic E-state index is -0.579. The number of ether oxygens (including phenoxy) is 4. The molecule has 0 atom stereocenters. The molecule has 0 radical (unpaired) electrons. The summed E-state index contributed by atoms with van der Waals surface area (Å²) in [4.78, 5) is 35.4. The third-order valence-corrected chi connectivity index (χ3v) is 3.63. The van der Waals surface area contributed by atoms with E-state index in [2.05, 4.69) is 4.74 Å². The van der Waals surface area contributed by atoms with E-state index >= 15 is 0 Å². The molecular formula is C19H24O7. The van der Waals surface area contributed by atoms with Gasteiger partial charge in [-0.15, -0.1) is 0 Å². The molecule has 7 heteroatoms. The topological polar surface area (TPSA) is 88.1 Å². The molecule has 0 saturated heterocycles. The first-order valence-corrected chi connectivity index (χ1v) is 8.02. The van der Waals surface area contributed by atoms with Gasteiger partial charge in [0.05, 0.1) is 32.5 Å². The van der Waals surface area contributed by atoms with Gasteiger partial charge in [-0.1, -0.05) is 26.0 Å². The Morgan fingerprint density at radius 1 is 0.885 bits per heavy atom. The van der Waals surface area contributed by atoms with Gasteiger partial charge in [-0.2, -0.15) is 0 Å². The van der Waals surface area contributed by atoms with Crippen molar-refractivity contribution >= 4 is 17.9 Å². The molecule has 0 aliphatic carbocycles. The van der Waals surface area contributed by atoms with Crippen LogP contribution in [0.2, 0.25) is 0 Å². The van der Waals surface area contributed by atoms with Gasteiger partial charge in [0.1, 0.15) is 5.75 Å². The van der Waals surface area contributed by atoms with Crippen molar-refractivity contribution in [1.29, 1.82) is 0 Å². The number of carbonyl (C=O) groups is 3. The summed E-state index contributed by atoms with van der Waals surface area (Å²) in [6, 6.07) is 6.82. The lowest BCUT2D eigenvalue weighted by Gasteiger charge is -2.15. The highest BCUT2D eigenvalue weighted by Crippen LogP contribution is 2.23. The summed E-state index contributed by atoms with van der Waals surface area (Å²) < 4.78 is 19.4. The largest absolute Gasteiger partial charge is 0.482 e. The molecule has 0 aliphatic heterocycles. The van der Waals surface area contributed by atoms with Crippen molar-refractivity contribution < 1.29 is 33.3 Å². The van der Waals surface area contributed by atoms with Gasteiger partial charge in [0, 0.05) is 6.42 Å². The summed E-state index contributed by atoms with van der Waals surface area (Å²) >= 11 is 0. The van der Waals surface area contributed by atoms with Crippen LogP contribution >= 0.6 is 0 Å². The van der Waals surface area contributed by atoms with E-state index in [1.54, 1.807) is 38.1 Å². The maximum Gasteiger partial charge on any atom is 0.343 e. The Labute approximate surface area is 152 Å². The lowest BCUT2D eigenvalue weighted by molar-refractivity contribution is -0.143. The van der Waals surface area contributed by atoms with Crippen molar-refractivity contribution in [2.24, 2.45) is 5.92 Å². The lowest BCUT2D eigenvalue weighted by Crippen LogP contribution is -2.20. The van der Waals surface area contributed by atoms with Crippen molar-refractivity contribution in [3.63, 3.8) is 0 Å². The van der Waals surface area contributed by atoms with Gasteiger partial charge in [-0.25, -0.2) is 14.4 Å². The SMILES string of the molecule is COC(=O)COc1ccc(C/C(C(=O)OC)=C(/C(=O)OC)C(C)C)cc1. The number of carbonyl (C=O) groups excluding carboxylic acids is 3. The first-order chi connectivity index (χ1) is 12.3. The summed E-state index contributed by atoms with van der Waals surface area (Å²) in [5.41, 5.74) is 1.31. The number of hydrogen-bond donors (Lipinski definition) is 0. The van der Waals surface area contributed by atoms with E-state index in [1.165, 1.54) is 21.3 Å². The first-order valence-electron chi connectivity index (χ1n) is 8.02. The molecule has 0 saturated carbocycles. The van der Waals surface area contributed by atoms with Crippen LogP contribution in [0.1, 0.15) is 19.4 Å². The number of benzene rings is 1. The van der Waals surface area contributed by atoms with Gasteiger partial charge >= 0.3 is 17.9 Å². The molecule has 0 aromatic heterocycles. The number of esters is 3. The highest BCUT2D eigenvalue weighted by atomic mass is 16.6. The van der Waals surface area contributed by atoms with Gasteiger partial charge in [0.2, 0.25) is 0 Å². The normalized spacial score (nSPS) is 11.5. The summed E-state index contributed by atoms with van der Waals surface area (Å²) in [7, 11) is 3.82. The molecule has 0 bridgehead atoms. The highest BCUT2D eigenvalue weighted by molar-refractivity contribution is 6.00. The smallest absolute Gasteiger partial charge is 0.343 e. The fraction of sp³-hybridized carbons (Fsp3) is 0.421. The van der Waals surface area contributed by atoms with Crippen molar-refractivity contribution in [3.05, 3.63) is 41.0 Å². The summed E-state index contributed by atoms with van der Waals surface area (Å²) in [6.45, 7) is 3.42. The zero-order valence-corrected chi connectivity index (χ0v) is 15.7. The lowest BCUT2D eigenvalue weighted by atomic mass is 9.93. The molecule has 0 N–H and O–H groups in total. The molecule has 1 aromatic carbocycles. The average molecular weight is 364 g/mol. The monoisotopic (exact) mass is 364 g/mol. The van der Waals surface area contributed by atoms with Crippen LogP contribution in [-0.4, -0.2) is 45.8 Å². The average Bonchev–Trinajstić information content (AvgIpc) is 2.65. The van der Waals surface area contributed by atoms with Gasteiger partial charge in [0.15, 0.2) is 6.61 Å². The van der Waals surface area contributed by atoms with Crippen molar-refractivity contribution in [2.45, 2.75) is 20.3 Å². The molecule has 0 aliphatic rings. The predicted molar refractivity (Wildman–Crippen MR) is 93.6 cm³/mol. The fourth-order valence-corrected chi connectivity index (χ4v) is 2.33. The molecule has 1 rings (SSSR count). The second kappa shape index (κ2) is 10.2. The number of rotatable bonds is 8. The molecule has 1 aromatic rings. The van der Waals surface area contributed by atoms with Crippen LogP contribution in [-0.2, 0) is 35.0 Å². The van der Waals surface area contributed by atoms with Gasteiger partial charge < -0.3 is 18.9 Å². The van der Waals surface area contributed by atoms with E-state index in [1.807, 2.05) is 0 Å². The van der Waals surface area contributed by atoms with Crippen LogP contribution in [0.4, 0.5) is 0 Å². The van der Waals surface area contributed by atoms with Gasteiger partial charge in [-0.05, 0) is 23.6 Å². The summed E-state index contributed by atoms with van der Waals surface area (Å²) in [5.74, 6) is -1.34. The van der Waals surface area contributed by atoms with E-state index in [4.69, 9.17) is 14.2 Å². The van der Waals surface area contributed by atoms with Crippen LogP contribution in [0.15, 0.2) is 35.4 Å². The van der Waals surface area contributed by atoms with Crippen LogP contribution in [0, 0.1) is 5.92 Å². The van der Waals surface area contributed by atoms with E-state index < -0.39 is 17.9 Å². The highest BCUT2D eigenvalue weighted by Gasteiger charge is 2.25. The molecular weight excluding hydrogens is 340 g/mol. The fourth-order valence-electron chi connectivity index (χ4n) is 2.33. The van der Waals surface area contributed by atoms with E-state index in [9.17, 15) is 14.4 Å². The molecule has 0 amide bonds. The van der Waals surface area contributed by atoms with Crippen molar-refractivity contribution in [1.82, 2.24) is 0 Å². The molecule has 142 valence electrons. The third-order valence-electron chi connectivity index (χ3n) is 3.63. The van der Waals surface area contributed by atoms with Crippen molar-refractivity contribution in [2.75, 3.05) is 27.9 Å². The number of methoxy groups -OCH3 is 3. The second-order valence-electron chi connectivity index (χ2n) is 5.72. The Bertz CT molecular complexity index is 672. The molecule has 0 heterocycles. The first kappa shape index (κ1) is 21.2. The van der Waals surface area contributed by atoms with Gasteiger partial charge in [0.25, 0.3) is 0 Å². The van der Waals surface area contributed by atoms with Crippen LogP contribution in [0.3, 0.4) is 0 Å². The zero-order chi connectivity index (χ0) is 19.7. The van der Waals surface area contributed by atoms with Crippen LogP contribution in [0.25, 0.3) is 0 Å². The van der Waals surface area contributed by atoms with Gasteiger partial charge in [-0.3, -0.25) is 0 Å². The quantitative estimate of drug-likeness (QED) is 0.396. The molecule has 26 heavy (non-hydrogen) atoms. The predicted octanol–water partition coefficient (Wildman–Crippen LogP) is 2.08. The van der Waals surface area contributed by atoms with E-state index in [-0.39, 0.29) is 30.1 Å². The Balaban J connectivity index is 3.07. The third kappa shape index (κ3) is 5.91. The number of hydrogen-bond acceptors (Lipinski definition) is 7. The summed E-state index contributed by atoms with van der Waals surface area (Å²) in [6.07, 6.45) is 0.201. The Kier molecular flexibility index (Phi) is 8.34. The minimum absolute atomic E-state index is 0.191. The minimum Gasteiger partial charge on any atom is -0.482 e. The molecule has 7 nitrogen and oxygen atoms in total. The standard InChI is InChI=1S/C19H24O7/c1-12(2)17(19(22)25-5)15(18(21)24-4)10-13-6-8-14(9-7-13)26-11-16(20)23-3/h6-9,12H,10-11H2,1-5H3/b17-15-. The molecule has 0 unspecified atom stereocenters. The second-order valence-corrected chi connectivity index (χ2v) is 5.72. The molecule has 0 fully saturated rings. The van der Waals surface area contributed by atoms with E-state index in [0.717, 1.165) is 5.56 Å². The van der Waals surface area contributed by atoms with Crippen LogP contribution < -0.4 is 4.74 Å².